The molecule has 3 heteroatoms. The topological polar surface area (TPSA) is 22.9 Å². The summed E-state index contributed by atoms with van der Waals surface area (Å²) >= 11 is 0. The van der Waals surface area contributed by atoms with Crippen LogP contribution in [0.5, 0.6) is 0 Å². The highest BCUT2D eigenvalue weighted by atomic mass is 16.7. The van der Waals surface area contributed by atoms with Gasteiger partial charge in [-0.25, -0.2) is 0 Å². The van der Waals surface area contributed by atoms with Crippen molar-refractivity contribution in [2.75, 3.05) is 26.2 Å². The molecule has 3 rings (SSSR count). The minimum Gasteiger partial charge on any atom is -0.349 e. The number of likely N-dealkylation sites (tertiary alicyclic amines) is 1. The Kier molecular flexibility index (Phi) is 4.71. The lowest BCUT2D eigenvalue weighted by atomic mass is 10.0. The molecular weight excluding hydrogens is 250 g/mol. The van der Waals surface area contributed by atoms with Crippen molar-refractivity contribution in [1.82, 2.24) is 0 Å². The number of piperidine rings is 1. The Balaban J connectivity index is 1.51. The summed E-state index contributed by atoms with van der Waals surface area (Å²) < 4.78 is 12.0. The minimum absolute atomic E-state index is 0.0772. The first kappa shape index (κ1) is 14.1. The van der Waals surface area contributed by atoms with Gasteiger partial charge in [0.05, 0.1) is 19.7 Å². The number of rotatable bonds is 4. The number of benzene rings is 1. The highest BCUT2D eigenvalue weighted by Gasteiger charge is 2.33. The summed E-state index contributed by atoms with van der Waals surface area (Å²) in [7, 11) is 0. The normalized spacial score (nSPS) is 29.4. The number of hydrogen-bond acceptors (Lipinski definition) is 2. The molecule has 1 aromatic rings. The first-order chi connectivity index (χ1) is 9.83. The average molecular weight is 276 g/mol. The zero-order valence-corrected chi connectivity index (χ0v) is 12.4. The average Bonchev–Trinajstić information content (AvgIpc) is 2.97. The van der Waals surface area contributed by atoms with Crippen LogP contribution in [0.15, 0.2) is 30.3 Å². The van der Waals surface area contributed by atoms with Crippen LogP contribution in [-0.2, 0) is 9.47 Å². The zero-order chi connectivity index (χ0) is 13.8. The summed E-state index contributed by atoms with van der Waals surface area (Å²) in [4.78, 5) is 1.69. The van der Waals surface area contributed by atoms with E-state index in [-0.39, 0.29) is 12.4 Å². The van der Waals surface area contributed by atoms with E-state index < -0.39 is 0 Å². The molecule has 0 bridgehead atoms. The van der Waals surface area contributed by atoms with E-state index in [0.717, 1.165) is 13.2 Å². The van der Waals surface area contributed by atoms with Gasteiger partial charge in [-0.3, -0.25) is 0 Å². The lowest BCUT2D eigenvalue weighted by Crippen LogP contribution is -3.13. The molecule has 1 N–H and O–H groups in total. The van der Waals surface area contributed by atoms with Crippen LogP contribution >= 0.6 is 0 Å². The largest absolute Gasteiger partial charge is 0.349 e. The van der Waals surface area contributed by atoms with Gasteiger partial charge in [-0.1, -0.05) is 37.3 Å². The maximum absolute atomic E-state index is 6.14. The molecule has 2 aliphatic rings. The van der Waals surface area contributed by atoms with Crippen molar-refractivity contribution < 1.29 is 14.4 Å². The van der Waals surface area contributed by atoms with E-state index in [9.17, 15) is 0 Å². The van der Waals surface area contributed by atoms with Crippen molar-refractivity contribution in [3.8, 4) is 0 Å². The molecule has 0 aliphatic carbocycles. The molecular formula is C17H26NO2+. The lowest BCUT2D eigenvalue weighted by Gasteiger charge is -2.25. The first-order valence-corrected chi connectivity index (χ1v) is 7.98. The monoisotopic (exact) mass is 276 g/mol. The second-order valence-corrected chi connectivity index (χ2v) is 6.17. The molecule has 0 amide bonds. The van der Waals surface area contributed by atoms with Crippen LogP contribution in [0.3, 0.4) is 0 Å². The minimum atomic E-state index is -0.0772. The van der Waals surface area contributed by atoms with Gasteiger partial charge in [0.15, 0.2) is 6.29 Å². The molecule has 20 heavy (non-hydrogen) atoms. The Morgan fingerprint density at radius 3 is 2.65 bits per heavy atom. The zero-order valence-electron chi connectivity index (χ0n) is 12.4. The third kappa shape index (κ3) is 3.40. The summed E-state index contributed by atoms with van der Waals surface area (Å²) in [6, 6.07) is 10.5. The predicted molar refractivity (Wildman–Crippen MR) is 78.9 cm³/mol. The third-order valence-corrected chi connectivity index (χ3v) is 4.58. The lowest BCUT2D eigenvalue weighted by molar-refractivity contribution is -0.907. The highest BCUT2D eigenvalue weighted by Crippen LogP contribution is 2.26. The first-order valence-electron chi connectivity index (χ1n) is 7.98. The fraction of sp³-hybridized carbons (Fsp3) is 0.647. The molecule has 110 valence electrons. The van der Waals surface area contributed by atoms with Gasteiger partial charge in [-0.05, 0) is 24.8 Å². The number of ether oxygens (including phenoxy) is 2. The molecule has 2 heterocycles. The van der Waals surface area contributed by atoms with Gasteiger partial charge < -0.3 is 14.4 Å². The molecule has 0 spiro atoms. The van der Waals surface area contributed by atoms with Crippen molar-refractivity contribution in [2.24, 2.45) is 0 Å². The molecule has 1 aromatic carbocycles. The van der Waals surface area contributed by atoms with Gasteiger partial charge in [0.2, 0.25) is 0 Å². The van der Waals surface area contributed by atoms with E-state index in [4.69, 9.17) is 9.47 Å². The van der Waals surface area contributed by atoms with Gasteiger partial charge >= 0.3 is 0 Å². The molecule has 0 aromatic heterocycles. The van der Waals surface area contributed by atoms with Gasteiger partial charge in [0, 0.05) is 5.92 Å². The number of hydrogen-bond donors (Lipinski definition) is 1. The molecule has 0 radical (unpaired) electrons. The predicted octanol–water partition coefficient (Wildman–Crippen LogP) is 1.60. The molecule has 2 aliphatic heterocycles. The Labute approximate surface area is 121 Å². The van der Waals surface area contributed by atoms with Crippen LogP contribution in [0, 0.1) is 0 Å². The number of quaternary nitrogens is 1. The van der Waals surface area contributed by atoms with Crippen molar-refractivity contribution in [1.29, 1.82) is 0 Å². The SMILES string of the molecule is C[C@@H](c1ccccc1)[C@H]1OC[C@H](C[NH+]2CCCCC2)O1. The van der Waals surface area contributed by atoms with E-state index in [1.807, 2.05) is 0 Å². The summed E-state index contributed by atoms with van der Waals surface area (Å²) in [5.41, 5.74) is 1.29. The summed E-state index contributed by atoms with van der Waals surface area (Å²) in [5, 5.41) is 0. The summed E-state index contributed by atoms with van der Waals surface area (Å²) in [6.45, 7) is 6.66. The van der Waals surface area contributed by atoms with E-state index >= 15 is 0 Å². The maximum atomic E-state index is 6.14. The number of nitrogens with one attached hydrogen (secondary N) is 1. The van der Waals surface area contributed by atoms with E-state index in [1.165, 1.54) is 37.9 Å². The van der Waals surface area contributed by atoms with Crippen molar-refractivity contribution in [3.05, 3.63) is 35.9 Å². The summed E-state index contributed by atoms with van der Waals surface area (Å²) in [5.74, 6) is 0.303. The third-order valence-electron chi connectivity index (χ3n) is 4.58. The Hall–Kier alpha value is -0.900. The molecule has 3 nitrogen and oxygen atoms in total. The Morgan fingerprint density at radius 2 is 1.90 bits per heavy atom. The van der Waals surface area contributed by atoms with E-state index in [0.29, 0.717) is 5.92 Å². The molecule has 0 saturated carbocycles. The smallest absolute Gasteiger partial charge is 0.165 e. The summed E-state index contributed by atoms with van der Waals surface area (Å²) in [6.07, 6.45) is 4.34. The van der Waals surface area contributed by atoms with E-state index in [2.05, 4.69) is 37.3 Å². The van der Waals surface area contributed by atoms with Gasteiger partial charge in [0.25, 0.3) is 0 Å². The van der Waals surface area contributed by atoms with Gasteiger partial charge in [-0.15, -0.1) is 0 Å². The van der Waals surface area contributed by atoms with E-state index in [1.54, 1.807) is 4.90 Å². The van der Waals surface area contributed by atoms with Crippen LogP contribution < -0.4 is 4.90 Å². The molecule has 2 fully saturated rings. The molecule has 2 saturated heterocycles. The van der Waals surface area contributed by atoms with Gasteiger partial charge in [0.1, 0.15) is 12.6 Å². The van der Waals surface area contributed by atoms with Crippen LogP contribution in [0.2, 0.25) is 0 Å². The van der Waals surface area contributed by atoms with Crippen LogP contribution in [0.4, 0.5) is 0 Å². The van der Waals surface area contributed by atoms with Crippen LogP contribution in [0.25, 0.3) is 0 Å². The molecule has 0 unspecified atom stereocenters. The van der Waals surface area contributed by atoms with Gasteiger partial charge in [-0.2, -0.15) is 0 Å². The standard InChI is InChI=1S/C17H25NO2/c1-14(15-8-4-2-5-9-15)17-19-13-16(20-17)12-18-10-6-3-7-11-18/h2,4-5,8-9,14,16-17H,3,6-7,10-13H2,1H3/p+1/t14-,16-,17-/m0/s1. The fourth-order valence-corrected chi connectivity index (χ4v) is 3.33. The Bertz CT molecular complexity index is 403. The highest BCUT2D eigenvalue weighted by molar-refractivity contribution is 5.19. The van der Waals surface area contributed by atoms with Crippen LogP contribution in [0.1, 0.15) is 37.7 Å². The van der Waals surface area contributed by atoms with Crippen LogP contribution in [-0.4, -0.2) is 38.6 Å². The second-order valence-electron chi connectivity index (χ2n) is 6.17. The second kappa shape index (κ2) is 6.70. The Morgan fingerprint density at radius 1 is 1.15 bits per heavy atom. The van der Waals surface area contributed by atoms with Crippen molar-refractivity contribution >= 4 is 0 Å². The molecule has 3 atom stereocenters. The van der Waals surface area contributed by atoms with Crippen molar-refractivity contribution in [2.45, 2.75) is 44.5 Å². The maximum Gasteiger partial charge on any atom is 0.165 e. The van der Waals surface area contributed by atoms with Crippen molar-refractivity contribution in [3.63, 3.8) is 0 Å². The fourth-order valence-electron chi connectivity index (χ4n) is 3.33. The quantitative estimate of drug-likeness (QED) is 0.903.